The number of anilines is 1. The molecule has 3 rings (SSSR count). The zero-order chi connectivity index (χ0) is 17.5. The Balaban J connectivity index is 2.06. The number of carboxylic acid groups (broad SMARTS) is 1. The summed E-state index contributed by atoms with van der Waals surface area (Å²) in [5.74, 6) is -0.412. The molecule has 7 nitrogen and oxygen atoms in total. The Labute approximate surface area is 136 Å². The summed E-state index contributed by atoms with van der Waals surface area (Å²) in [6.45, 7) is 3.39. The first-order valence-electron chi connectivity index (χ1n) is 7.23. The van der Waals surface area contributed by atoms with Gasteiger partial charge in [0.25, 0.3) is 5.91 Å². The molecule has 1 aliphatic heterocycles. The molecule has 1 atom stereocenters. The van der Waals surface area contributed by atoms with Gasteiger partial charge in [0.2, 0.25) is 0 Å². The highest BCUT2D eigenvalue weighted by molar-refractivity contribution is 5.96. The standard InChI is InChI=1S/C16H15FN4O3/c1-8-18-7-10-13(19-8)6-16(2,21-14(10)22)11-5-9(20-15(23)24)3-4-12(11)17/h3-5,7,20H,6H2,1-2H3,(H,21,22)(H,23,24). The molecule has 1 aromatic carbocycles. The van der Waals surface area contributed by atoms with E-state index in [-0.39, 0.29) is 17.7 Å². The van der Waals surface area contributed by atoms with Gasteiger partial charge in [0, 0.05) is 23.9 Å². The fourth-order valence-electron chi connectivity index (χ4n) is 2.85. The second kappa shape index (κ2) is 5.55. The minimum atomic E-state index is -1.25. The third kappa shape index (κ3) is 2.78. The van der Waals surface area contributed by atoms with E-state index < -0.39 is 23.4 Å². The van der Waals surface area contributed by atoms with E-state index in [0.29, 0.717) is 17.1 Å². The van der Waals surface area contributed by atoms with Crippen LogP contribution in [0.2, 0.25) is 0 Å². The van der Waals surface area contributed by atoms with Gasteiger partial charge in [-0.1, -0.05) is 0 Å². The number of carbonyl (C=O) groups is 2. The Hall–Kier alpha value is -3.03. The number of rotatable bonds is 2. The number of halogens is 1. The molecule has 0 spiro atoms. The number of fused-ring (bicyclic) bond motifs is 1. The fraction of sp³-hybridized carbons (Fsp3) is 0.250. The average Bonchev–Trinajstić information content (AvgIpc) is 2.48. The molecule has 3 N–H and O–H groups in total. The molecule has 2 amide bonds. The molecule has 8 heteroatoms. The quantitative estimate of drug-likeness (QED) is 0.783. The van der Waals surface area contributed by atoms with Crippen molar-refractivity contribution in [1.82, 2.24) is 15.3 Å². The maximum absolute atomic E-state index is 14.4. The molecule has 0 saturated carbocycles. The van der Waals surface area contributed by atoms with Crippen molar-refractivity contribution >= 4 is 17.7 Å². The first-order chi connectivity index (χ1) is 11.3. The Morgan fingerprint density at radius 2 is 2.21 bits per heavy atom. The summed E-state index contributed by atoms with van der Waals surface area (Å²) in [7, 11) is 0. The second-order valence-electron chi connectivity index (χ2n) is 5.87. The Kier molecular flexibility index (Phi) is 3.67. The first-order valence-corrected chi connectivity index (χ1v) is 7.23. The third-order valence-corrected chi connectivity index (χ3v) is 3.96. The molecule has 24 heavy (non-hydrogen) atoms. The van der Waals surface area contributed by atoms with Crippen LogP contribution in [0.15, 0.2) is 24.4 Å². The third-order valence-electron chi connectivity index (χ3n) is 3.96. The minimum Gasteiger partial charge on any atom is -0.465 e. The second-order valence-corrected chi connectivity index (χ2v) is 5.87. The van der Waals surface area contributed by atoms with Gasteiger partial charge in [0.05, 0.1) is 16.8 Å². The van der Waals surface area contributed by atoms with Gasteiger partial charge in [0.15, 0.2) is 0 Å². The molecule has 2 heterocycles. The van der Waals surface area contributed by atoms with E-state index in [2.05, 4.69) is 20.6 Å². The van der Waals surface area contributed by atoms with E-state index >= 15 is 0 Å². The molecule has 0 radical (unpaired) electrons. The summed E-state index contributed by atoms with van der Waals surface area (Å²) in [4.78, 5) is 31.4. The maximum atomic E-state index is 14.4. The summed E-state index contributed by atoms with van der Waals surface area (Å²) in [5.41, 5.74) is 0.247. The van der Waals surface area contributed by atoms with Crippen LogP contribution in [-0.4, -0.2) is 27.1 Å². The van der Waals surface area contributed by atoms with Crippen LogP contribution in [0.4, 0.5) is 14.9 Å². The SMILES string of the molecule is Cc1ncc2c(n1)CC(C)(c1cc(NC(=O)O)ccc1F)NC2=O. The van der Waals surface area contributed by atoms with Crippen LogP contribution in [-0.2, 0) is 12.0 Å². The van der Waals surface area contributed by atoms with E-state index in [9.17, 15) is 14.0 Å². The number of aromatic nitrogens is 2. The molecule has 0 fully saturated rings. The van der Waals surface area contributed by atoms with E-state index in [0.717, 1.165) is 0 Å². The number of carbonyl (C=O) groups excluding carboxylic acids is 1. The minimum absolute atomic E-state index is 0.184. The fourth-order valence-corrected chi connectivity index (χ4v) is 2.85. The lowest BCUT2D eigenvalue weighted by Crippen LogP contribution is -2.50. The van der Waals surface area contributed by atoms with E-state index in [1.807, 2.05) is 0 Å². The van der Waals surface area contributed by atoms with Gasteiger partial charge in [-0.3, -0.25) is 10.1 Å². The Morgan fingerprint density at radius 1 is 1.46 bits per heavy atom. The van der Waals surface area contributed by atoms with Gasteiger partial charge in [-0.25, -0.2) is 19.2 Å². The normalized spacial score (nSPS) is 19.4. The summed E-state index contributed by atoms with van der Waals surface area (Å²) in [6.07, 6.45) is 0.468. The lowest BCUT2D eigenvalue weighted by Gasteiger charge is -2.36. The van der Waals surface area contributed by atoms with Crippen molar-refractivity contribution in [3.8, 4) is 0 Å². The highest BCUT2D eigenvalue weighted by Crippen LogP contribution is 2.33. The molecule has 2 aromatic rings. The summed E-state index contributed by atoms with van der Waals surface area (Å²) < 4.78 is 14.4. The summed E-state index contributed by atoms with van der Waals surface area (Å²) in [6, 6.07) is 3.86. The molecule has 0 bridgehead atoms. The highest BCUT2D eigenvalue weighted by Gasteiger charge is 2.38. The van der Waals surface area contributed by atoms with Gasteiger partial charge in [0.1, 0.15) is 11.6 Å². The molecule has 1 unspecified atom stereocenters. The predicted molar refractivity (Wildman–Crippen MR) is 83.3 cm³/mol. The van der Waals surface area contributed by atoms with Crippen molar-refractivity contribution in [3.05, 3.63) is 52.9 Å². The van der Waals surface area contributed by atoms with Crippen molar-refractivity contribution in [1.29, 1.82) is 0 Å². The zero-order valence-electron chi connectivity index (χ0n) is 13.1. The number of hydrogen-bond acceptors (Lipinski definition) is 4. The monoisotopic (exact) mass is 330 g/mol. The van der Waals surface area contributed by atoms with Crippen molar-refractivity contribution in [2.45, 2.75) is 25.8 Å². The Morgan fingerprint density at radius 3 is 2.92 bits per heavy atom. The van der Waals surface area contributed by atoms with E-state index in [1.54, 1.807) is 13.8 Å². The van der Waals surface area contributed by atoms with Crippen LogP contribution in [0.5, 0.6) is 0 Å². The molecule has 1 aromatic heterocycles. The van der Waals surface area contributed by atoms with E-state index in [4.69, 9.17) is 5.11 Å². The van der Waals surface area contributed by atoms with Crippen LogP contribution in [0, 0.1) is 12.7 Å². The van der Waals surface area contributed by atoms with Crippen LogP contribution in [0.3, 0.4) is 0 Å². The van der Waals surface area contributed by atoms with Crippen molar-refractivity contribution in [2.24, 2.45) is 0 Å². The van der Waals surface area contributed by atoms with Gasteiger partial charge < -0.3 is 10.4 Å². The molecule has 0 aliphatic carbocycles. The number of amides is 2. The number of aryl methyl sites for hydroxylation is 1. The van der Waals surface area contributed by atoms with Crippen LogP contribution in [0.25, 0.3) is 0 Å². The van der Waals surface area contributed by atoms with Gasteiger partial charge >= 0.3 is 6.09 Å². The Bertz CT molecular complexity index is 855. The molecule has 1 aliphatic rings. The molecule has 0 saturated heterocycles. The van der Waals surface area contributed by atoms with Crippen molar-refractivity contribution in [3.63, 3.8) is 0 Å². The van der Waals surface area contributed by atoms with Crippen molar-refractivity contribution < 1.29 is 19.1 Å². The summed E-state index contributed by atoms with van der Waals surface area (Å²) >= 11 is 0. The van der Waals surface area contributed by atoms with Crippen molar-refractivity contribution in [2.75, 3.05) is 5.32 Å². The number of hydrogen-bond donors (Lipinski definition) is 3. The van der Waals surface area contributed by atoms with Crippen LogP contribution in [0.1, 0.15) is 34.4 Å². The largest absolute Gasteiger partial charge is 0.465 e. The zero-order valence-corrected chi connectivity index (χ0v) is 13.1. The lowest BCUT2D eigenvalue weighted by atomic mass is 9.82. The number of nitrogens with zero attached hydrogens (tertiary/aromatic N) is 2. The molecular weight excluding hydrogens is 315 g/mol. The number of benzene rings is 1. The molecular formula is C16H15FN4O3. The van der Waals surface area contributed by atoms with Gasteiger partial charge in [-0.15, -0.1) is 0 Å². The number of nitrogens with one attached hydrogen (secondary N) is 2. The molecule has 124 valence electrons. The summed E-state index contributed by atoms with van der Waals surface area (Å²) in [5, 5.41) is 13.8. The average molecular weight is 330 g/mol. The topological polar surface area (TPSA) is 104 Å². The lowest BCUT2D eigenvalue weighted by molar-refractivity contribution is 0.0881. The van der Waals surface area contributed by atoms with Gasteiger partial charge in [-0.2, -0.15) is 0 Å². The van der Waals surface area contributed by atoms with Gasteiger partial charge in [-0.05, 0) is 32.0 Å². The first kappa shape index (κ1) is 15.9. The predicted octanol–water partition coefficient (Wildman–Crippen LogP) is 2.22. The van der Waals surface area contributed by atoms with Crippen LogP contribution >= 0.6 is 0 Å². The van der Waals surface area contributed by atoms with E-state index in [1.165, 1.54) is 24.4 Å². The highest BCUT2D eigenvalue weighted by atomic mass is 19.1. The smallest absolute Gasteiger partial charge is 0.409 e. The maximum Gasteiger partial charge on any atom is 0.409 e. The van der Waals surface area contributed by atoms with Crippen LogP contribution < -0.4 is 10.6 Å².